The maximum absolute atomic E-state index is 11.2. The third-order valence-corrected chi connectivity index (χ3v) is 1.80. The lowest BCUT2D eigenvalue weighted by atomic mass is 10.2. The minimum absolute atomic E-state index is 0.178. The van der Waals surface area contributed by atoms with Gasteiger partial charge in [-0.25, -0.2) is 9.59 Å². The molecule has 0 bridgehead atoms. The van der Waals surface area contributed by atoms with Crippen LogP contribution in [0.25, 0.3) is 0 Å². The number of carbonyl (C=O) groups is 2. The molecule has 1 aromatic carbocycles. The highest BCUT2D eigenvalue weighted by molar-refractivity contribution is 5.91. The highest BCUT2D eigenvalue weighted by Gasteiger charge is 2.03. The number of hydrogen-bond donors (Lipinski definition) is 3. The number of anilines is 1. The predicted molar refractivity (Wildman–Crippen MR) is 60.6 cm³/mol. The van der Waals surface area contributed by atoms with Crippen LogP contribution in [-0.4, -0.2) is 23.7 Å². The number of urea groups is 1. The van der Waals surface area contributed by atoms with E-state index in [0.29, 0.717) is 12.2 Å². The third-order valence-electron chi connectivity index (χ3n) is 1.80. The van der Waals surface area contributed by atoms with Crippen molar-refractivity contribution in [3.8, 4) is 0 Å². The highest BCUT2D eigenvalue weighted by Crippen LogP contribution is 2.09. The summed E-state index contributed by atoms with van der Waals surface area (Å²) < 4.78 is 0. The van der Waals surface area contributed by atoms with Crippen LogP contribution in [0.1, 0.15) is 10.4 Å². The Labute approximate surface area is 92.8 Å². The van der Waals surface area contributed by atoms with Gasteiger partial charge in [0.05, 0.1) is 5.56 Å². The minimum Gasteiger partial charge on any atom is -0.478 e. The number of hydrogen-bond acceptors (Lipinski definition) is 2. The second-order valence-electron chi connectivity index (χ2n) is 3.01. The lowest BCUT2D eigenvalue weighted by Gasteiger charge is -2.05. The minimum atomic E-state index is -0.998. The van der Waals surface area contributed by atoms with Crippen molar-refractivity contribution in [2.24, 2.45) is 0 Å². The van der Waals surface area contributed by atoms with Crippen molar-refractivity contribution in [2.45, 2.75) is 0 Å². The summed E-state index contributed by atoms with van der Waals surface area (Å²) in [6, 6.07) is 5.54. The lowest BCUT2D eigenvalue weighted by molar-refractivity contribution is 0.0697. The van der Waals surface area contributed by atoms with Crippen LogP contribution in [-0.2, 0) is 0 Å². The molecule has 5 nitrogen and oxygen atoms in total. The molecule has 0 heterocycles. The zero-order valence-electron chi connectivity index (χ0n) is 8.56. The molecule has 0 fully saturated rings. The molecular weight excluding hydrogens is 208 g/mol. The molecule has 84 valence electrons. The number of rotatable bonds is 4. The third kappa shape index (κ3) is 3.45. The fraction of sp³-hybridized carbons (Fsp3) is 0.0909. The molecule has 1 aromatic rings. The molecule has 2 amide bonds. The van der Waals surface area contributed by atoms with E-state index in [0.717, 1.165) is 0 Å². The Kier molecular flexibility index (Phi) is 4.08. The number of benzene rings is 1. The largest absolute Gasteiger partial charge is 0.478 e. The summed E-state index contributed by atoms with van der Waals surface area (Å²) in [5, 5.41) is 13.7. The fourth-order valence-electron chi connectivity index (χ4n) is 1.04. The van der Waals surface area contributed by atoms with Crippen molar-refractivity contribution < 1.29 is 14.7 Å². The van der Waals surface area contributed by atoms with Gasteiger partial charge in [0.2, 0.25) is 0 Å². The van der Waals surface area contributed by atoms with Crippen molar-refractivity contribution in [3.63, 3.8) is 0 Å². The van der Waals surface area contributed by atoms with Crippen LogP contribution >= 0.6 is 0 Å². The van der Waals surface area contributed by atoms with E-state index >= 15 is 0 Å². The van der Waals surface area contributed by atoms with Crippen LogP contribution in [0.2, 0.25) is 0 Å². The van der Waals surface area contributed by atoms with Gasteiger partial charge in [-0.3, -0.25) is 0 Å². The van der Waals surface area contributed by atoms with E-state index in [2.05, 4.69) is 17.2 Å². The first-order chi connectivity index (χ1) is 7.63. The van der Waals surface area contributed by atoms with E-state index < -0.39 is 5.97 Å². The number of amides is 2. The summed E-state index contributed by atoms with van der Waals surface area (Å²) in [6.07, 6.45) is 1.56. The average Bonchev–Trinajstić information content (AvgIpc) is 2.27. The number of aromatic carboxylic acids is 1. The second-order valence-corrected chi connectivity index (χ2v) is 3.01. The zero-order valence-corrected chi connectivity index (χ0v) is 8.56. The lowest BCUT2D eigenvalue weighted by Crippen LogP contribution is -2.28. The molecule has 3 N–H and O–H groups in total. The van der Waals surface area contributed by atoms with Crippen LogP contribution in [0, 0.1) is 0 Å². The molecule has 0 aliphatic rings. The number of carbonyl (C=O) groups excluding carboxylic acids is 1. The molecule has 1 rings (SSSR count). The molecule has 0 spiro atoms. The maximum atomic E-state index is 11.2. The summed E-state index contributed by atoms with van der Waals surface area (Å²) in [4.78, 5) is 21.8. The first-order valence-electron chi connectivity index (χ1n) is 4.62. The van der Waals surface area contributed by atoms with E-state index in [1.165, 1.54) is 24.3 Å². The van der Waals surface area contributed by atoms with Gasteiger partial charge in [0.25, 0.3) is 0 Å². The summed E-state index contributed by atoms with van der Waals surface area (Å²) >= 11 is 0. The van der Waals surface area contributed by atoms with Gasteiger partial charge < -0.3 is 15.7 Å². The van der Waals surface area contributed by atoms with Gasteiger partial charge in [0.15, 0.2) is 0 Å². The maximum Gasteiger partial charge on any atom is 0.335 e. The van der Waals surface area contributed by atoms with E-state index in [1.54, 1.807) is 6.08 Å². The van der Waals surface area contributed by atoms with Crippen molar-refractivity contribution in [1.29, 1.82) is 0 Å². The molecule has 0 radical (unpaired) electrons. The monoisotopic (exact) mass is 220 g/mol. The normalized spacial score (nSPS) is 9.25. The van der Waals surface area contributed by atoms with Gasteiger partial charge in [-0.1, -0.05) is 6.08 Å². The van der Waals surface area contributed by atoms with Crippen LogP contribution in [0.4, 0.5) is 10.5 Å². The Morgan fingerprint density at radius 1 is 1.31 bits per heavy atom. The standard InChI is InChI=1S/C11H12N2O3/c1-2-7-12-11(16)13-9-5-3-8(4-6-9)10(14)15/h2-6H,1,7H2,(H,14,15)(H2,12,13,16). The van der Waals surface area contributed by atoms with Crippen LogP contribution < -0.4 is 10.6 Å². The summed E-state index contributed by atoms with van der Waals surface area (Å²) in [7, 11) is 0. The first-order valence-corrected chi connectivity index (χ1v) is 4.62. The average molecular weight is 220 g/mol. The van der Waals surface area contributed by atoms with Gasteiger partial charge in [0.1, 0.15) is 0 Å². The Morgan fingerprint density at radius 2 is 1.94 bits per heavy atom. The molecular formula is C11H12N2O3. The molecule has 0 unspecified atom stereocenters. The number of nitrogens with one attached hydrogen (secondary N) is 2. The Hall–Kier alpha value is -2.30. The van der Waals surface area contributed by atoms with E-state index in [9.17, 15) is 9.59 Å². The fourth-order valence-corrected chi connectivity index (χ4v) is 1.04. The Balaban J connectivity index is 2.58. The summed E-state index contributed by atoms with van der Waals surface area (Å²) in [6.45, 7) is 3.84. The van der Waals surface area contributed by atoms with Gasteiger partial charge >= 0.3 is 12.0 Å². The van der Waals surface area contributed by atoms with Gasteiger partial charge in [-0.2, -0.15) is 0 Å². The zero-order chi connectivity index (χ0) is 12.0. The van der Waals surface area contributed by atoms with Crippen molar-refractivity contribution in [3.05, 3.63) is 42.5 Å². The summed E-state index contributed by atoms with van der Waals surface area (Å²) in [5.74, 6) is -0.998. The van der Waals surface area contributed by atoms with Crippen LogP contribution in [0.15, 0.2) is 36.9 Å². The molecule has 0 atom stereocenters. The predicted octanol–water partition coefficient (Wildman–Crippen LogP) is 1.69. The van der Waals surface area contributed by atoms with Crippen molar-refractivity contribution >= 4 is 17.7 Å². The first kappa shape index (κ1) is 11.8. The van der Waals surface area contributed by atoms with E-state index in [1.807, 2.05) is 0 Å². The number of carboxylic acids is 1. The molecule has 0 aliphatic heterocycles. The van der Waals surface area contributed by atoms with Crippen molar-refractivity contribution in [2.75, 3.05) is 11.9 Å². The van der Waals surface area contributed by atoms with Crippen molar-refractivity contribution in [1.82, 2.24) is 5.32 Å². The smallest absolute Gasteiger partial charge is 0.335 e. The Morgan fingerprint density at radius 3 is 2.44 bits per heavy atom. The molecule has 16 heavy (non-hydrogen) atoms. The molecule has 5 heteroatoms. The van der Waals surface area contributed by atoms with Crippen LogP contribution in [0.5, 0.6) is 0 Å². The van der Waals surface area contributed by atoms with Crippen LogP contribution in [0.3, 0.4) is 0 Å². The quantitative estimate of drug-likeness (QED) is 0.675. The summed E-state index contributed by atoms with van der Waals surface area (Å²) in [5.41, 5.74) is 0.712. The van der Waals surface area contributed by atoms with Gasteiger partial charge in [-0.05, 0) is 24.3 Å². The molecule has 0 saturated carbocycles. The van der Waals surface area contributed by atoms with E-state index in [-0.39, 0.29) is 11.6 Å². The van der Waals surface area contributed by atoms with E-state index in [4.69, 9.17) is 5.11 Å². The van der Waals surface area contributed by atoms with Gasteiger partial charge in [0, 0.05) is 12.2 Å². The SMILES string of the molecule is C=CCNC(=O)Nc1ccc(C(=O)O)cc1. The molecule has 0 saturated heterocycles. The Bertz CT molecular complexity index is 398. The van der Waals surface area contributed by atoms with Gasteiger partial charge in [-0.15, -0.1) is 6.58 Å². The molecule has 0 aromatic heterocycles. The highest BCUT2D eigenvalue weighted by atomic mass is 16.4. The molecule has 0 aliphatic carbocycles. The number of carboxylic acid groups (broad SMARTS) is 1. The topological polar surface area (TPSA) is 78.4 Å². The second kappa shape index (κ2) is 5.55.